The average Bonchev–Trinajstić information content (AvgIpc) is 3.54. The summed E-state index contributed by atoms with van der Waals surface area (Å²) in [5.74, 6) is -0.648. The molecular formula is C21H16Cl2N4O2. The Labute approximate surface area is 177 Å². The van der Waals surface area contributed by atoms with Crippen molar-refractivity contribution in [2.75, 3.05) is 5.32 Å². The van der Waals surface area contributed by atoms with Crippen molar-refractivity contribution in [1.82, 2.24) is 15.3 Å². The van der Waals surface area contributed by atoms with E-state index in [1.54, 1.807) is 30.5 Å². The fourth-order valence-corrected chi connectivity index (χ4v) is 3.18. The molecule has 0 radical (unpaired) electrons. The van der Waals surface area contributed by atoms with E-state index in [9.17, 15) is 9.59 Å². The smallest absolute Gasteiger partial charge is 0.270 e. The van der Waals surface area contributed by atoms with Crippen molar-refractivity contribution >= 4 is 40.7 Å². The highest BCUT2D eigenvalue weighted by molar-refractivity contribution is 6.43. The van der Waals surface area contributed by atoms with Crippen molar-refractivity contribution in [2.45, 2.75) is 18.9 Å². The maximum Gasteiger partial charge on any atom is 0.270 e. The topological polar surface area (TPSA) is 84.0 Å². The molecule has 4 rings (SSSR count). The van der Waals surface area contributed by atoms with E-state index in [0.717, 1.165) is 18.4 Å². The number of aromatic nitrogens is 2. The summed E-state index contributed by atoms with van der Waals surface area (Å²) in [5, 5.41) is 6.49. The van der Waals surface area contributed by atoms with Crippen LogP contribution in [0.5, 0.6) is 0 Å². The molecule has 0 saturated heterocycles. The standard InChI is InChI=1S/C21H16Cl2N4O2/c22-17-3-1-2-16(19(17)23)13-8-15(11-24-10-13)27-20(28)12-6-7-25-18(9-12)21(29)26-14-4-5-14/h1-3,6-11,14H,4-5H2,(H,26,29)(H,27,28). The molecule has 0 bridgehead atoms. The van der Waals surface area contributed by atoms with E-state index >= 15 is 0 Å². The fraction of sp³-hybridized carbons (Fsp3) is 0.143. The van der Waals surface area contributed by atoms with Crippen LogP contribution in [0.25, 0.3) is 11.1 Å². The Hall–Kier alpha value is -2.96. The van der Waals surface area contributed by atoms with E-state index in [2.05, 4.69) is 20.6 Å². The number of anilines is 1. The van der Waals surface area contributed by atoms with Crippen molar-refractivity contribution in [3.63, 3.8) is 0 Å². The number of rotatable bonds is 5. The molecule has 3 aromatic rings. The predicted molar refractivity (Wildman–Crippen MR) is 112 cm³/mol. The Balaban J connectivity index is 1.53. The molecule has 2 heterocycles. The summed E-state index contributed by atoms with van der Waals surface area (Å²) in [4.78, 5) is 33.0. The first-order valence-electron chi connectivity index (χ1n) is 8.99. The van der Waals surface area contributed by atoms with Crippen LogP contribution in [0.2, 0.25) is 10.0 Å². The average molecular weight is 427 g/mol. The molecule has 2 amide bonds. The number of benzene rings is 1. The predicted octanol–water partition coefficient (Wildman–Crippen LogP) is 4.59. The van der Waals surface area contributed by atoms with Gasteiger partial charge in [0.05, 0.1) is 21.9 Å². The van der Waals surface area contributed by atoms with Gasteiger partial charge in [-0.15, -0.1) is 0 Å². The number of nitrogens with zero attached hydrogens (tertiary/aromatic N) is 2. The van der Waals surface area contributed by atoms with E-state index in [4.69, 9.17) is 23.2 Å². The van der Waals surface area contributed by atoms with Crippen molar-refractivity contribution in [1.29, 1.82) is 0 Å². The highest BCUT2D eigenvalue weighted by Gasteiger charge is 2.24. The third kappa shape index (κ3) is 4.55. The van der Waals surface area contributed by atoms with Crippen LogP contribution >= 0.6 is 23.2 Å². The van der Waals surface area contributed by atoms with Gasteiger partial charge < -0.3 is 10.6 Å². The van der Waals surface area contributed by atoms with Gasteiger partial charge in [0.2, 0.25) is 0 Å². The van der Waals surface area contributed by atoms with Crippen molar-refractivity contribution < 1.29 is 9.59 Å². The Bertz CT molecular complexity index is 1100. The van der Waals surface area contributed by atoms with Crippen LogP contribution in [0.15, 0.2) is 55.0 Å². The monoisotopic (exact) mass is 426 g/mol. The summed E-state index contributed by atoms with van der Waals surface area (Å²) in [7, 11) is 0. The van der Waals surface area contributed by atoms with E-state index in [0.29, 0.717) is 26.9 Å². The number of carbonyl (C=O) groups is 2. The van der Waals surface area contributed by atoms with Gasteiger partial charge in [-0.3, -0.25) is 19.6 Å². The molecule has 1 aliphatic carbocycles. The van der Waals surface area contributed by atoms with Crippen LogP contribution in [0.4, 0.5) is 5.69 Å². The largest absolute Gasteiger partial charge is 0.348 e. The summed E-state index contributed by atoms with van der Waals surface area (Å²) in [6, 6.07) is 10.3. The van der Waals surface area contributed by atoms with Crippen molar-refractivity contribution in [3.05, 3.63) is 76.3 Å². The Morgan fingerprint density at radius 2 is 1.86 bits per heavy atom. The molecule has 0 unspecified atom stereocenters. The molecule has 1 fully saturated rings. The van der Waals surface area contributed by atoms with E-state index < -0.39 is 0 Å². The zero-order valence-corrected chi connectivity index (χ0v) is 16.7. The molecule has 1 aromatic carbocycles. The van der Waals surface area contributed by atoms with Crippen LogP contribution < -0.4 is 10.6 Å². The highest BCUT2D eigenvalue weighted by Crippen LogP contribution is 2.33. The zero-order chi connectivity index (χ0) is 20.4. The fourth-order valence-electron chi connectivity index (χ4n) is 2.77. The van der Waals surface area contributed by atoms with E-state index in [-0.39, 0.29) is 23.6 Å². The summed E-state index contributed by atoms with van der Waals surface area (Å²) in [6.07, 6.45) is 6.57. The lowest BCUT2D eigenvalue weighted by Crippen LogP contribution is -2.26. The third-order valence-corrected chi connectivity index (χ3v) is 5.24. The van der Waals surface area contributed by atoms with Gasteiger partial charge in [0.1, 0.15) is 5.69 Å². The van der Waals surface area contributed by atoms with Crippen LogP contribution in [0.1, 0.15) is 33.7 Å². The molecule has 8 heteroatoms. The second-order valence-electron chi connectivity index (χ2n) is 6.70. The van der Waals surface area contributed by atoms with E-state index in [1.807, 2.05) is 6.07 Å². The van der Waals surface area contributed by atoms with Gasteiger partial charge in [0.15, 0.2) is 0 Å². The van der Waals surface area contributed by atoms with Crippen LogP contribution in [0.3, 0.4) is 0 Å². The molecule has 6 nitrogen and oxygen atoms in total. The first-order chi connectivity index (χ1) is 14.0. The number of nitrogens with one attached hydrogen (secondary N) is 2. The van der Waals surface area contributed by atoms with Gasteiger partial charge in [-0.05, 0) is 37.1 Å². The molecule has 2 N–H and O–H groups in total. The van der Waals surface area contributed by atoms with Crippen molar-refractivity contribution in [3.8, 4) is 11.1 Å². The normalized spacial score (nSPS) is 13.0. The molecule has 1 saturated carbocycles. The van der Waals surface area contributed by atoms with Gasteiger partial charge in [0, 0.05) is 35.1 Å². The van der Waals surface area contributed by atoms with E-state index in [1.165, 1.54) is 18.5 Å². The van der Waals surface area contributed by atoms with Crippen LogP contribution in [-0.4, -0.2) is 27.8 Å². The van der Waals surface area contributed by atoms with Crippen molar-refractivity contribution in [2.24, 2.45) is 0 Å². The Kier molecular flexibility index (Phi) is 5.47. The maximum absolute atomic E-state index is 12.6. The highest BCUT2D eigenvalue weighted by atomic mass is 35.5. The first-order valence-corrected chi connectivity index (χ1v) is 9.74. The molecule has 0 spiro atoms. The summed E-state index contributed by atoms with van der Waals surface area (Å²) < 4.78 is 0. The quantitative estimate of drug-likeness (QED) is 0.624. The molecule has 0 atom stereocenters. The third-order valence-electron chi connectivity index (χ3n) is 4.43. The molecule has 1 aliphatic rings. The minimum absolute atomic E-state index is 0.210. The number of hydrogen-bond donors (Lipinski definition) is 2. The lowest BCUT2D eigenvalue weighted by molar-refractivity contribution is 0.0946. The lowest BCUT2D eigenvalue weighted by Gasteiger charge is -2.09. The Morgan fingerprint density at radius 3 is 2.66 bits per heavy atom. The molecular weight excluding hydrogens is 411 g/mol. The molecule has 29 heavy (non-hydrogen) atoms. The van der Waals surface area contributed by atoms with Crippen LogP contribution in [0, 0.1) is 0 Å². The molecule has 2 aromatic heterocycles. The summed E-state index contributed by atoms with van der Waals surface area (Å²) in [6.45, 7) is 0. The SMILES string of the molecule is O=C(Nc1cncc(-c2cccc(Cl)c2Cl)c1)c1ccnc(C(=O)NC2CC2)c1. The van der Waals surface area contributed by atoms with Gasteiger partial charge >= 0.3 is 0 Å². The van der Waals surface area contributed by atoms with Gasteiger partial charge in [-0.2, -0.15) is 0 Å². The number of amides is 2. The Morgan fingerprint density at radius 1 is 1.03 bits per heavy atom. The molecule has 0 aliphatic heterocycles. The zero-order valence-electron chi connectivity index (χ0n) is 15.2. The summed E-state index contributed by atoms with van der Waals surface area (Å²) >= 11 is 12.4. The second kappa shape index (κ2) is 8.19. The van der Waals surface area contributed by atoms with Crippen LogP contribution in [-0.2, 0) is 0 Å². The lowest BCUT2D eigenvalue weighted by atomic mass is 10.1. The minimum atomic E-state index is -0.371. The number of pyridine rings is 2. The van der Waals surface area contributed by atoms with Gasteiger partial charge in [-0.25, -0.2) is 0 Å². The molecule has 146 valence electrons. The summed E-state index contributed by atoms with van der Waals surface area (Å²) in [5.41, 5.74) is 2.46. The maximum atomic E-state index is 12.6. The number of carbonyl (C=O) groups excluding carboxylic acids is 2. The number of hydrogen-bond acceptors (Lipinski definition) is 4. The second-order valence-corrected chi connectivity index (χ2v) is 7.48. The van der Waals surface area contributed by atoms with Gasteiger partial charge in [0.25, 0.3) is 11.8 Å². The first kappa shape index (κ1) is 19.4. The van der Waals surface area contributed by atoms with Gasteiger partial charge in [-0.1, -0.05) is 35.3 Å². The minimum Gasteiger partial charge on any atom is -0.348 e. The number of halogens is 2.